The van der Waals surface area contributed by atoms with Gasteiger partial charge >= 0.3 is 0 Å². The molecule has 0 aromatic heterocycles. The molecular formula is C15H20BrNO3. The maximum Gasteiger partial charge on any atom is 0.227 e. The van der Waals surface area contributed by atoms with E-state index in [2.05, 4.69) is 15.9 Å². The SMILES string of the molecule is COc1ccc(CC(=O)N2CCCC2CBr)cc1OC. The maximum absolute atomic E-state index is 12.4. The summed E-state index contributed by atoms with van der Waals surface area (Å²) in [5, 5.41) is 0.852. The fourth-order valence-electron chi connectivity index (χ4n) is 2.59. The van der Waals surface area contributed by atoms with Crippen molar-refractivity contribution in [3.63, 3.8) is 0 Å². The molecule has 110 valence electrons. The Bertz CT molecular complexity index is 478. The zero-order valence-corrected chi connectivity index (χ0v) is 13.5. The minimum atomic E-state index is 0.180. The Hall–Kier alpha value is -1.23. The number of halogens is 1. The number of carbonyl (C=O) groups excluding carboxylic acids is 1. The Balaban J connectivity index is 2.07. The summed E-state index contributed by atoms with van der Waals surface area (Å²) in [6.07, 6.45) is 2.58. The van der Waals surface area contributed by atoms with E-state index < -0.39 is 0 Å². The lowest BCUT2D eigenvalue weighted by atomic mass is 10.1. The van der Waals surface area contributed by atoms with E-state index in [1.807, 2.05) is 23.1 Å². The Morgan fingerprint density at radius 3 is 2.75 bits per heavy atom. The highest BCUT2D eigenvalue weighted by Gasteiger charge is 2.27. The topological polar surface area (TPSA) is 38.8 Å². The predicted octanol–water partition coefficient (Wildman–Crippen LogP) is 2.63. The van der Waals surface area contributed by atoms with Gasteiger partial charge in [-0.25, -0.2) is 0 Å². The molecule has 1 aromatic rings. The smallest absolute Gasteiger partial charge is 0.227 e. The van der Waals surface area contributed by atoms with Crippen molar-refractivity contribution in [2.24, 2.45) is 0 Å². The monoisotopic (exact) mass is 341 g/mol. The first-order valence-corrected chi connectivity index (χ1v) is 7.88. The molecule has 1 saturated heterocycles. The average Bonchev–Trinajstić information content (AvgIpc) is 2.95. The summed E-state index contributed by atoms with van der Waals surface area (Å²) in [5.74, 6) is 1.53. The molecule has 1 aliphatic rings. The molecule has 1 unspecified atom stereocenters. The van der Waals surface area contributed by atoms with Crippen molar-refractivity contribution >= 4 is 21.8 Å². The van der Waals surface area contributed by atoms with Crippen LogP contribution in [0.1, 0.15) is 18.4 Å². The fraction of sp³-hybridized carbons (Fsp3) is 0.533. The van der Waals surface area contributed by atoms with Crippen LogP contribution in [0.5, 0.6) is 11.5 Å². The van der Waals surface area contributed by atoms with Gasteiger partial charge in [0.2, 0.25) is 5.91 Å². The molecule has 0 aliphatic carbocycles. The van der Waals surface area contributed by atoms with Gasteiger partial charge in [-0.05, 0) is 30.5 Å². The molecule has 1 atom stereocenters. The molecule has 1 aromatic carbocycles. The van der Waals surface area contributed by atoms with E-state index in [-0.39, 0.29) is 5.91 Å². The molecule has 0 radical (unpaired) electrons. The van der Waals surface area contributed by atoms with Crippen LogP contribution in [-0.4, -0.2) is 42.9 Å². The van der Waals surface area contributed by atoms with E-state index >= 15 is 0 Å². The number of rotatable bonds is 5. The first kappa shape index (κ1) is 15.2. The van der Waals surface area contributed by atoms with Crippen molar-refractivity contribution in [2.45, 2.75) is 25.3 Å². The van der Waals surface area contributed by atoms with Crippen LogP contribution in [0.2, 0.25) is 0 Å². The highest BCUT2D eigenvalue weighted by molar-refractivity contribution is 9.09. The molecule has 5 heteroatoms. The van der Waals surface area contributed by atoms with Crippen LogP contribution in [0.15, 0.2) is 18.2 Å². The molecule has 0 spiro atoms. The van der Waals surface area contributed by atoms with Gasteiger partial charge in [0.1, 0.15) is 0 Å². The van der Waals surface area contributed by atoms with Gasteiger partial charge < -0.3 is 14.4 Å². The first-order chi connectivity index (χ1) is 9.69. The molecule has 0 saturated carbocycles. The van der Waals surface area contributed by atoms with Crippen molar-refractivity contribution in [1.82, 2.24) is 4.90 Å². The third-order valence-electron chi connectivity index (χ3n) is 3.68. The second-order valence-electron chi connectivity index (χ2n) is 4.90. The Labute approximate surface area is 128 Å². The van der Waals surface area contributed by atoms with E-state index in [9.17, 15) is 4.79 Å². The van der Waals surface area contributed by atoms with E-state index in [4.69, 9.17) is 9.47 Å². The summed E-state index contributed by atoms with van der Waals surface area (Å²) in [6.45, 7) is 0.863. The summed E-state index contributed by atoms with van der Waals surface area (Å²) < 4.78 is 10.5. The van der Waals surface area contributed by atoms with Gasteiger partial charge in [0.25, 0.3) is 0 Å². The lowest BCUT2D eigenvalue weighted by Crippen LogP contribution is -2.37. The summed E-state index contributed by atoms with van der Waals surface area (Å²) in [4.78, 5) is 14.3. The van der Waals surface area contributed by atoms with Crippen LogP contribution in [0, 0.1) is 0 Å². The van der Waals surface area contributed by atoms with E-state index in [1.165, 1.54) is 0 Å². The van der Waals surface area contributed by atoms with Gasteiger partial charge in [0.15, 0.2) is 11.5 Å². The predicted molar refractivity (Wildman–Crippen MR) is 81.8 cm³/mol. The van der Waals surface area contributed by atoms with Crippen LogP contribution in [0.4, 0.5) is 0 Å². The summed E-state index contributed by atoms with van der Waals surface area (Å²) in [5.41, 5.74) is 0.952. The van der Waals surface area contributed by atoms with Crippen molar-refractivity contribution in [1.29, 1.82) is 0 Å². The Morgan fingerprint density at radius 2 is 2.10 bits per heavy atom. The van der Waals surface area contributed by atoms with Gasteiger partial charge in [-0.3, -0.25) is 4.79 Å². The molecule has 1 heterocycles. The van der Waals surface area contributed by atoms with Crippen LogP contribution >= 0.6 is 15.9 Å². The largest absolute Gasteiger partial charge is 0.493 e. The molecule has 1 aliphatic heterocycles. The number of nitrogens with zero attached hydrogens (tertiary/aromatic N) is 1. The zero-order chi connectivity index (χ0) is 14.5. The summed E-state index contributed by atoms with van der Waals surface area (Å²) >= 11 is 3.48. The van der Waals surface area contributed by atoms with Gasteiger partial charge in [0.05, 0.1) is 20.6 Å². The van der Waals surface area contributed by atoms with Gasteiger partial charge in [-0.15, -0.1) is 0 Å². The number of carbonyl (C=O) groups is 1. The van der Waals surface area contributed by atoms with Crippen LogP contribution in [-0.2, 0) is 11.2 Å². The maximum atomic E-state index is 12.4. The number of methoxy groups -OCH3 is 2. The highest BCUT2D eigenvalue weighted by atomic mass is 79.9. The number of benzene rings is 1. The van der Waals surface area contributed by atoms with E-state index in [1.54, 1.807) is 14.2 Å². The van der Waals surface area contributed by atoms with E-state index in [0.29, 0.717) is 24.0 Å². The summed E-state index contributed by atoms with van der Waals surface area (Å²) in [7, 11) is 3.21. The van der Waals surface area contributed by atoms with Crippen molar-refractivity contribution in [2.75, 3.05) is 26.1 Å². The molecule has 4 nitrogen and oxygen atoms in total. The zero-order valence-electron chi connectivity index (χ0n) is 11.9. The Morgan fingerprint density at radius 1 is 1.35 bits per heavy atom. The molecule has 1 amide bonds. The molecule has 2 rings (SSSR count). The van der Waals surface area contributed by atoms with Gasteiger partial charge in [-0.1, -0.05) is 22.0 Å². The first-order valence-electron chi connectivity index (χ1n) is 6.76. The van der Waals surface area contributed by atoms with Crippen LogP contribution in [0.25, 0.3) is 0 Å². The third kappa shape index (κ3) is 3.26. The lowest BCUT2D eigenvalue weighted by Gasteiger charge is -2.23. The normalized spacial score (nSPS) is 18.1. The van der Waals surface area contributed by atoms with E-state index in [0.717, 1.165) is 30.3 Å². The molecule has 0 bridgehead atoms. The minimum Gasteiger partial charge on any atom is -0.493 e. The summed E-state index contributed by atoms with van der Waals surface area (Å²) in [6, 6.07) is 5.96. The second kappa shape index (κ2) is 6.97. The second-order valence-corrected chi connectivity index (χ2v) is 5.55. The molecule has 0 N–H and O–H groups in total. The number of alkyl halides is 1. The quantitative estimate of drug-likeness (QED) is 0.773. The lowest BCUT2D eigenvalue weighted by molar-refractivity contribution is -0.130. The van der Waals surface area contributed by atoms with Crippen LogP contribution in [0.3, 0.4) is 0 Å². The van der Waals surface area contributed by atoms with Crippen molar-refractivity contribution < 1.29 is 14.3 Å². The minimum absolute atomic E-state index is 0.180. The number of amides is 1. The number of hydrogen-bond donors (Lipinski definition) is 0. The third-order valence-corrected chi connectivity index (χ3v) is 4.43. The van der Waals surface area contributed by atoms with Crippen LogP contribution < -0.4 is 9.47 Å². The Kier molecular flexibility index (Phi) is 5.29. The van der Waals surface area contributed by atoms with Crippen molar-refractivity contribution in [3.05, 3.63) is 23.8 Å². The fourth-order valence-corrected chi connectivity index (χ4v) is 3.26. The number of likely N-dealkylation sites (tertiary alicyclic amines) is 1. The van der Waals surface area contributed by atoms with Crippen molar-refractivity contribution in [3.8, 4) is 11.5 Å². The standard InChI is InChI=1S/C15H20BrNO3/c1-19-13-6-5-11(8-14(13)20-2)9-15(18)17-7-3-4-12(17)10-16/h5-6,8,12H,3-4,7,9-10H2,1-2H3. The number of ether oxygens (including phenoxy) is 2. The highest BCUT2D eigenvalue weighted by Crippen LogP contribution is 2.28. The average molecular weight is 342 g/mol. The van der Waals surface area contributed by atoms with Gasteiger partial charge in [0, 0.05) is 17.9 Å². The molecular weight excluding hydrogens is 322 g/mol. The molecule has 20 heavy (non-hydrogen) atoms. The van der Waals surface area contributed by atoms with Gasteiger partial charge in [-0.2, -0.15) is 0 Å². The molecule has 1 fully saturated rings. The number of hydrogen-bond acceptors (Lipinski definition) is 3.